The van der Waals surface area contributed by atoms with Gasteiger partial charge in [0.2, 0.25) is 0 Å². The van der Waals surface area contributed by atoms with Gasteiger partial charge in [-0.15, -0.1) is 0 Å². The van der Waals surface area contributed by atoms with Gasteiger partial charge in [-0.25, -0.2) is 0 Å². The Bertz CT molecular complexity index is 513. The lowest BCUT2D eigenvalue weighted by Gasteiger charge is -2.05. The summed E-state index contributed by atoms with van der Waals surface area (Å²) in [5.41, 5.74) is 0.563. The number of carbonyl (C=O) groups excluding carboxylic acids is 2. The number of nitro benzene ring substituents is 1. The number of esters is 1. The van der Waals surface area contributed by atoms with Gasteiger partial charge in [0.1, 0.15) is 6.54 Å². The highest BCUT2D eigenvalue weighted by molar-refractivity contribution is 5.96. The van der Waals surface area contributed by atoms with Crippen LogP contribution in [0.3, 0.4) is 0 Å². The highest BCUT2D eigenvalue weighted by atomic mass is 16.6. The first-order chi connectivity index (χ1) is 8.93. The molecule has 0 spiro atoms. The number of non-ortho nitro benzene ring substituents is 1. The number of nitro groups is 1. The van der Waals surface area contributed by atoms with E-state index in [0.29, 0.717) is 5.56 Å². The standard InChI is InChI=1S/C12H14N2O5/c1-3-19-11(15)7-13-12(16)9-4-8(2)5-10(6-9)14(17)18/h4-6H,3,7H2,1-2H3,(H,13,16). The van der Waals surface area contributed by atoms with Crippen LogP contribution < -0.4 is 5.32 Å². The number of carbonyl (C=O) groups is 2. The van der Waals surface area contributed by atoms with Gasteiger partial charge >= 0.3 is 5.97 Å². The molecule has 0 aliphatic heterocycles. The van der Waals surface area contributed by atoms with Gasteiger partial charge in [0, 0.05) is 17.7 Å². The fourth-order valence-electron chi connectivity index (χ4n) is 1.47. The summed E-state index contributed by atoms with van der Waals surface area (Å²) in [6, 6.07) is 4.03. The lowest BCUT2D eigenvalue weighted by molar-refractivity contribution is -0.384. The van der Waals surface area contributed by atoms with E-state index in [1.165, 1.54) is 12.1 Å². The van der Waals surface area contributed by atoms with E-state index < -0.39 is 16.8 Å². The van der Waals surface area contributed by atoms with Gasteiger partial charge in [0.15, 0.2) is 0 Å². The molecule has 0 aliphatic carbocycles. The predicted molar refractivity (Wildman–Crippen MR) is 66.8 cm³/mol. The summed E-state index contributed by atoms with van der Waals surface area (Å²) in [5, 5.41) is 13.0. The summed E-state index contributed by atoms with van der Waals surface area (Å²) < 4.78 is 4.65. The van der Waals surface area contributed by atoms with Crippen molar-refractivity contribution in [2.24, 2.45) is 0 Å². The molecule has 19 heavy (non-hydrogen) atoms. The van der Waals surface area contributed by atoms with Crippen molar-refractivity contribution in [2.45, 2.75) is 13.8 Å². The molecule has 1 aromatic rings. The number of benzene rings is 1. The molecule has 7 heteroatoms. The van der Waals surface area contributed by atoms with E-state index in [2.05, 4.69) is 10.1 Å². The van der Waals surface area contributed by atoms with Crippen LogP contribution >= 0.6 is 0 Å². The van der Waals surface area contributed by atoms with Crippen LogP contribution in [0.15, 0.2) is 18.2 Å². The van der Waals surface area contributed by atoms with Crippen molar-refractivity contribution < 1.29 is 19.2 Å². The van der Waals surface area contributed by atoms with Gasteiger partial charge in [-0.3, -0.25) is 19.7 Å². The molecule has 0 saturated carbocycles. The lowest BCUT2D eigenvalue weighted by Crippen LogP contribution is -2.30. The quantitative estimate of drug-likeness (QED) is 0.490. The average Bonchev–Trinajstić information content (AvgIpc) is 2.35. The number of nitrogens with zero attached hydrogens (tertiary/aromatic N) is 1. The van der Waals surface area contributed by atoms with Gasteiger partial charge in [0.05, 0.1) is 11.5 Å². The number of amides is 1. The van der Waals surface area contributed by atoms with Gasteiger partial charge in [-0.1, -0.05) is 0 Å². The number of hydrogen-bond donors (Lipinski definition) is 1. The predicted octanol–water partition coefficient (Wildman–Crippen LogP) is 1.20. The van der Waals surface area contributed by atoms with E-state index in [1.807, 2.05) is 0 Å². The second kappa shape index (κ2) is 6.48. The number of aryl methyl sites for hydroxylation is 1. The maximum Gasteiger partial charge on any atom is 0.325 e. The van der Waals surface area contributed by atoms with Crippen LogP contribution in [-0.2, 0) is 9.53 Å². The zero-order valence-electron chi connectivity index (χ0n) is 10.6. The van der Waals surface area contributed by atoms with Crippen molar-refractivity contribution in [2.75, 3.05) is 13.2 Å². The number of ether oxygens (including phenoxy) is 1. The minimum atomic E-state index is -0.574. The number of rotatable bonds is 5. The van der Waals surface area contributed by atoms with E-state index in [9.17, 15) is 19.7 Å². The Labute approximate surface area is 109 Å². The van der Waals surface area contributed by atoms with Gasteiger partial charge in [-0.05, 0) is 25.5 Å². The van der Waals surface area contributed by atoms with Crippen LogP contribution in [0, 0.1) is 17.0 Å². The summed E-state index contributed by atoms with van der Waals surface area (Å²) in [5.74, 6) is -1.11. The Morgan fingerprint density at radius 1 is 1.37 bits per heavy atom. The maximum absolute atomic E-state index is 11.7. The SMILES string of the molecule is CCOC(=O)CNC(=O)c1cc(C)cc([N+](=O)[O-])c1. The smallest absolute Gasteiger partial charge is 0.325 e. The van der Waals surface area contributed by atoms with Gasteiger partial charge < -0.3 is 10.1 Å². The summed E-state index contributed by atoms with van der Waals surface area (Å²) in [7, 11) is 0. The van der Waals surface area contributed by atoms with E-state index in [-0.39, 0.29) is 24.4 Å². The van der Waals surface area contributed by atoms with E-state index >= 15 is 0 Å². The monoisotopic (exact) mass is 266 g/mol. The van der Waals surface area contributed by atoms with Gasteiger partial charge in [-0.2, -0.15) is 0 Å². The maximum atomic E-state index is 11.7. The van der Waals surface area contributed by atoms with Crippen LogP contribution in [0.5, 0.6) is 0 Å². The van der Waals surface area contributed by atoms with Crippen LogP contribution in [0.25, 0.3) is 0 Å². The second-order valence-electron chi connectivity index (χ2n) is 3.80. The van der Waals surface area contributed by atoms with Crippen molar-refractivity contribution in [3.8, 4) is 0 Å². The highest BCUT2D eigenvalue weighted by Gasteiger charge is 2.14. The minimum Gasteiger partial charge on any atom is -0.465 e. The Hall–Kier alpha value is -2.44. The molecule has 0 aromatic heterocycles. The molecule has 0 fully saturated rings. The molecule has 7 nitrogen and oxygen atoms in total. The molecule has 0 radical (unpaired) electrons. The zero-order valence-corrected chi connectivity index (χ0v) is 10.6. The Morgan fingerprint density at radius 3 is 2.63 bits per heavy atom. The molecule has 1 N–H and O–H groups in total. The van der Waals surface area contributed by atoms with Crippen molar-refractivity contribution in [1.82, 2.24) is 5.32 Å². The molecule has 0 saturated heterocycles. The summed E-state index contributed by atoms with van der Waals surface area (Å²) in [6.07, 6.45) is 0. The van der Waals surface area contributed by atoms with Crippen molar-refractivity contribution in [3.05, 3.63) is 39.4 Å². The fraction of sp³-hybridized carbons (Fsp3) is 0.333. The molecule has 0 bridgehead atoms. The van der Waals surface area contributed by atoms with Crippen LogP contribution in [0.2, 0.25) is 0 Å². The normalized spacial score (nSPS) is 9.79. The summed E-state index contributed by atoms with van der Waals surface area (Å²) >= 11 is 0. The number of nitrogens with one attached hydrogen (secondary N) is 1. The van der Waals surface area contributed by atoms with Gasteiger partial charge in [0.25, 0.3) is 11.6 Å². The molecule has 0 heterocycles. The Kier molecular flexibility index (Phi) is 4.99. The van der Waals surface area contributed by atoms with E-state index in [0.717, 1.165) is 6.07 Å². The average molecular weight is 266 g/mol. The first-order valence-electron chi connectivity index (χ1n) is 5.64. The summed E-state index contributed by atoms with van der Waals surface area (Å²) in [6.45, 7) is 3.26. The van der Waals surface area contributed by atoms with Crippen molar-refractivity contribution in [1.29, 1.82) is 0 Å². The zero-order chi connectivity index (χ0) is 14.4. The van der Waals surface area contributed by atoms with Crippen LogP contribution in [0.4, 0.5) is 5.69 Å². The third kappa shape index (κ3) is 4.38. The fourth-order valence-corrected chi connectivity index (χ4v) is 1.47. The molecule has 0 aliphatic rings. The highest BCUT2D eigenvalue weighted by Crippen LogP contribution is 2.16. The molecule has 1 rings (SSSR count). The topological polar surface area (TPSA) is 98.5 Å². The molecule has 1 amide bonds. The molecular formula is C12H14N2O5. The van der Waals surface area contributed by atoms with Crippen molar-refractivity contribution in [3.63, 3.8) is 0 Å². The molecule has 102 valence electrons. The van der Waals surface area contributed by atoms with E-state index in [4.69, 9.17) is 0 Å². The lowest BCUT2D eigenvalue weighted by atomic mass is 10.1. The first kappa shape index (κ1) is 14.6. The minimum absolute atomic E-state index is 0.135. The van der Waals surface area contributed by atoms with Crippen molar-refractivity contribution >= 4 is 17.6 Å². The third-order valence-corrected chi connectivity index (χ3v) is 2.23. The third-order valence-electron chi connectivity index (χ3n) is 2.23. The molecule has 1 aromatic carbocycles. The molecule has 0 atom stereocenters. The molecular weight excluding hydrogens is 252 g/mol. The Morgan fingerprint density at radius 2 is 2.05 bits per heavy atom. The summed E-state index contributed by atoms with van der Waals surface area (Å²) in [4.78, 5) is 32.9. The second-order valence-corrected chi connectivity index (χ2v) is 3.80. The first-order valence-corrected chi connectivity index (χ1v) is 5.64. The number of hydrogen-bond acceptors (Lipinski definition) is 5. The van der Waals surface area contributed by atoms with Crippen LogP contribution in [-0.4, -0.2) is 30.0 Å². The largest absolute Gasteiger partial charge is 0.465 e. The van der Waals surface area contributed by atoms with Crippen LogP contribution in [0.1, 0.15) is 22.8 Å². The van der Waals surface area contributed by atoms with E-state index in [1.54, 1.807) is 13.8 Å². The molecule has 0 unspecified atom stereocenters. The Balaban J connectivity index is 2.77.